The van der Waals surface area contributed by atoms with Gasteiger partial charge in [0.15, 0.2) is 0 Å². The van der Waals surface area contributed by atoms with E-state index in [2.05, 4.69) is 15.3 Å². The second-order valence-corrected chi connectivity index (χ2v) is 6.72. The van der Waals surface area contributed by atoms with Gasteiger partial charge in [-0.15, -0.1) is 0 Å². The molecule has 2 aromatic rings. The molecule has 0 bridgehead atoms. The lowest BCUT2D eigenvalue weighted by atomic mass is 9.92. The van der Waals surface area contributed by atoms with Crippen LogP contribution in [-0.4, -0.2) is 32.9 Å². The number of nitro groups is 1. The van der Waals surface area contributed by atoms with Gasteiger partial charge in [-0.2, -0.15) is 5.26 Å². The highest BCUT2D eigenvalue weighted by Gasteiger charge is 2.26. The number of hydrogen-bond acceptors (Lipinski definition) is 7. The molecule has 28 heavy (non-hydrogen) atoms. The molecule has 1 N–H and O–H groups in total. The molecule has 9 nitrogen and oxygen atoms in total. The second kappa shape index (κ2) is 8.63. The third-order valence-electron chi connectivity index (χ3n) is 4.46. The third kappa shape index (κ3) is 4.53. The first-order valence-corrected chi connectivity index (χ1v) is 8.98. The number of carbonyl (C=O) groups is 1. The molecular weight excluding hydrogens is 386 g/mol. The zero-order valence-corrected chi connectivity index (χ0v) is 15.4. The van der Waals surface area contributed by atoms with E-state index >= 15 is 0 Å². The minimum Gasteiger partial charge on any atom is -0.472 e. The third-order valence-corrected chi connectivity index (χ3v) is 4.78. The van der Waals surface area contributed by atoms with Crippen molar-refractivity contribution in [3.63, 3.8) is 0 Å². The number of nitrogens with one attached hydrogen (secondary N) is 1. The normalized spacial score (nSPS) is 18.7. The van der Waals surface area contributed by atoms with Crippen molar-refractivity contribution >= 4 is 23.2 Å². The van der Waals surface area contributed by atoms with Crippen molar-refractivity contribution in [3.05, 3.63) is 57.0 Å². The van der Waals surface area contributed by atoms with Gasteiger partial charge in [0.2, 0.25) is 5.69 Å². The van der Waals surface area contributed by atoms with Crippen LogP contribution in [-0.2, 0) is 0 Å². The SMILES string of the molecule is N#Cc1nccnc1OC1CCC(NC(=O)c2ccc(Cl)c([N+](=O)[O-])c2)CC1. The van der Waals surface area contributed by atoms with E-state index in [-0.39, 0.29) is 45.9 Å². The number of ether oxygens (including phenoxy) is 1. The number of aromatic nitrogens is 2. The van der Waals surface area contributed by atoms with Crippen molar-refractivity contribution in [2.45, 2.75) is 37.8 Å². The first-order valence-electron chi connectivity index (χ1n) is 8.60. The highest BCUT2D eigenvalue weighted by molar-refractivity contribution is 6.32. The molecule has 0 atom stereocenters. The van der Waals surface area contributed by atoms with E-state index in [4.69, 9.17) is 21.6 Å². The number of nitrogens with zero attached hydrogens (tertiary/aromatic N) is 4. The van der Waals surface area contributed by atoms with E-state index in [1.54, 1.807) is 0 Å². The van der Waals surface area contributed by atoms with Crippen molar-refractivity contribution in [2.24, 2.45) is 0 Å². The Morgan fingerprint density at radius 1 is 1.29 bits per heavy atom. The number of amides is 1. The van der Waals surface area contributed by atoms with Crippen LogP contribution in [0.25, 0.3) is 0 Å². The maximum absolute atomic E-state index is 12.4. The van der Waals surface area contributed by atoms with E-state index in [0.29, 0.717) is 25.7 Å². The molecule has 1 heterocycles. The maximum atomic E-state index is 12.4. The van der Waals surface area contributed by atoms with Gasteiger partial charge in [0.1, 0.15) is 17.2 Å². The summed E-state index contributed by atoms with van der Waals surface area (Å²) in [6.07, 6.45) is 5.48. The Balaban J connectivity index is 1.56. The Kier molecular flexibility index (Phi) is 6.01. The number of halogens is 1. The Labute approximate surface area is 165 Å². The molecule has 0 saturated heterocycles. The van der Waals surface area contributed by atoms with Gasteiger partial charge >= 0.3 is 0 Å². The van der Waals surface area contributed by atoms with Crippen molar-refractivity contribution in [2.75, 3.05) is 0 Å². The Morgan fingerprint density at radius 3 is 2.68 bits per heavy atom. The monoisotopic (exact) mass is 401 g/mol. The predicted molar refractivity (Wildman–Crippen MR) is 99.0 cm³/mol. The highest BCUT2D eigenvalue weighted by Crippen LogP contribution is 2.26. The lowest BCUT2D eigenvalue weighted by Crippen LogP contribution is -2.39. The Bertz CT molecular complexity index is 938. The lowest BCUT2D eigenvalue weighted by molar-refractivity contribution is -0.384. The largest absolute Gasteiger partial charge is 0.472 e. The van der Waals surface area contributed by atoms with Crippen LogP contribution >= 0.6 is 11.6 Å². The summed E-state index contributed by atoms with van der Waals surface area (Å²) in [6, 6.07) is 5.84. The zero-order chi connectivity index (χ0) is 20.1. The summed E-state index contributed by atoms with van der Waals surface area (Å²) in [5, 5.41) is 22.9. The fourth-order valence-electron chi connectivity index (χ4n) is 3.03. The van der Waals surface area contributed by atoms with Crippen LogP contribution in [0.2, 0.25) is 5.02 Å². The number of nitro benzene ring substituents is 1. The molecule has 0 radical (unpaired) electrons. The predicted octanol–water partition coefficient (Wildman–Crippen LogP) is 3.03. The molecule has 1 aliphatic carbocycles. The Morgan fingerprint density at radius 2 is 2.00 bits per heavy atom. The quantitative estimate of drug-likeness (QED) is 0.601. The fraction of sp³-hybridized carbons (Fsp3) is 0.333. The molecule has 1 saturated carbocycles. The molecule has 144 valence electrons. The number of rotatable bonds is 5. The van der Waals surface area contributed by atoms with Gasteiger partial charge < -0.3 is 10.1 Å². The average Bonchev–Trinajstić information content (AvgIpc) is 2.70. The van der Waals surface area contributed by atoms with Gasteiger partial charge in [0.05, 0.1) is 4.92 Å². The summed E-state index contributed by atoms with van der Waals surface area (Å²) < 4.78 is 5.77. The van der Waals surface area contributed by atoms with Crippen LogP contribution in [0.15, 0.2) is 30.6 Å². The van der Waals surface area contributed by atoms with E-state index < -0.39 is 4.92 Å². The zero-order valence-electron chi connectivity index (χ0n) is 14.7. The molecule has 1 aromatic heterocycles. The molecule has 1 aliphatic rings. The molecule has 1 fully saturated rings. The van der Waals surface area contributed by atoms with Crippen LogP contribution in [0.4, 0.5) is 5.69 Å². The van der Waals surface area contributed by atoms with Gasteiger partial charge in [-0.25, -0.2) is 9.97 Å². The van der Waals surface area contributed by atoms with Gasteiger partial charge in [-0.1, -0.05) is 11.6 Å². The smallest absolute Gasteiger partial charge is 0.288 e. The molecular formula is C18H16ClN5O4. The molecule has 0 unspecified atom stereocenters. The van der Waals surface area contributed by atoms with Crippen LogP contribution in [0.1, 0.15) is 41.7 Å². The topological polar surface area (TPSA) is 131 Å². The van der Waals surface area contributed by atoms with Crippen LogP contribution < -0.4 is 10.1 Å². The van der Waals surface area contributed by atoms with Crippen LogP contribution in [0.3, 0.4) is 0 Å². The first-order chi connectivity index (χ1) is 13.5. The summed E-state index contributed by atoms with van der Waals surface area (Å²) in [6.45, 7) is 0. The van der Waals surface area contributed by atoms with Crippen molar-refractivity contribution in [1.29, 1.82) is 5.26 Å². The summed E-state index contributed by atoms with van der Waals surface area (Å²) in [7, 11) is 0. The number of nitriles is 1. The number of carbonyl (C=O) groups excluding carboxylic acids is 1. The molecule has 1 amide bonds. The van der Waals surface area contributed by atoms with Crippen molar-refractivity contribution < 1.29 is 14.5 Å². The highest BCUT2D eigenvalue weighted by atomic mass is 35.5. The Hall–Kier alpha value is -3.25. The van der Waals surface area contributed by atoms with Gasteiger partial charge in [0.25, 0.3) is 17.5 Å². The molecule has 3 rings (SSSR count). The fourth-order valence-corrected chi connectivity index (χ4v) is 3.22. The second-order valence-electron chi connectivity index (χ2n) is 6.31. The van der Waals surface area contributed by atoms with Gasteiger partial charge in [-0.3, -0.25) is 14.9 Å². The summed E-state index contributed by atoms with van der Waals surface area (Å²) >= 11 is 5.77. The van der Waals surface area contributed by atoms with Crippen molar-refractivity contribution in [3.8, 4) is 11.9 Å². The van der Waals surface area contributed by atoms with Crippen molar-refractivity contribution in [1.82, 2.24) is 15.3 Å². The molecule has 0 aliphatic heterocycles. The molecule has 1 aromatic carbocycles. The molecule has 0 spiro atoms. The average molecular weight is 402 g/mol. The van der Waals surface area contributed by atoms with E-state index in [9.17, 15) is 14.9 Å². The van der Waals surface area contributed by atoms with Crippen LogP contribution in [0, 0.1) is 21.4 Å². The van der Waals surface area contributed by atoms with E-state index in [1.807, 2.05) is 6.07 Å². The number of benzene rings is 1. The van der Waals surface area contributed by atoms with Gasteiger partial charge in [0, 0.05) is 30.1 Å². The summed E-state index contributed by atoms with van der Waals surface area (Å²) in [4.78, 5) is 30.7. The molecule has 10 heteroatoms. The number of hydrogen-bond donors (Lipinski definition) is 1. The van der Waals surface area contributed by atoms with Gasteiger partial charge in [-0.05, 0) is 37.8 Å². The van der Waals surface area contributed by atoms with E-state index in [1.165, 1.54) is 30.6 Å². The minimum absolute atomic E-state index is 0.0139. The standard InChI is InChI=1S/C18H16ClN5O4/c19-14-6-1-11(9-16(14)24(26)27)17(25)23-12-2-4-13(5-3-12)28-18-15(10-20)21-7-8-22-18/h1,6-9,12-13H,2-5H2,(H,23,25). The first kappa shape index (κ1) is 19.5. The van der Waals surface area contributed by atoms with E-state index in [0.717, 1.165) is 0 Å². The summed E-state index contributed by atoms with van der Waals surface area (Å²) in [5.41, 5.74) is 0.0265. The van der Waals surface area contributed by atoms with Crippen LogP contribution in [0.5, 0.6) is 5.88 Å². The lowest BCUT2D eigenvalue weighted by Gasteiger charge is -2.29. The minimum atomic E-state index is -0.621. The summed E-state index contributed by atoms with van der Waals surface area (Å²) in [5.74, 6) is -0.171. The maximum Gasteiger partial charge on any atom is 0.288 e.